The lowest BCUT2D eigenvalue weighted by molar-refractivity contribution is -0.385. The van der Waals surface area contributed by atoms with Crippen molar-refractivity contribution in [3.05, 3.63) is 50.3 Å². The molecule has 0 bridgehead atoms. The Labute approximate surface area is 122 Å². The molecule has 0 amide bonds. The molecule has 21 heavy (non-hydrogen) atoms. The van der Waals surface area contributed by atoms with Crippen LogP contribution in [0.2, 0.25) is 0 Å². The predicted octanol–water partition coefficient (Wildman–Crippen LogP) is 2.16. The lowest BCUT2D eigenvalue weighted by atomic mass is 10.2. The molecule has 2 rings (SSSR count). The quantitative estimate of drug-likeness (QED) is 0.639. The third-order valence-corrected chi connectivity index (χ3v) is 3.48. The van der Waals surface area contributed by atoms with E-state index in [0.29, 0.717) is 4.88 Å². The summed E-state index contributed by atoms with van der Waals surface area (Å²) in [6.07, 6.45) is 0. The number of nitrogens with zero attached hydrogens (tertiary/aromatic N) is 3. The zero-order valence-corrected chi connectivity index (χ0v) is 11.2. The Balaban J connectivity index is 2.32. The fourth-order valence-electron chi connectivity index (χ4n) is 1.62. The number of hydrogen-bond donors (Lipinski definition) is 2. The van der Waals surface area contributed by atoms with Crippen LogP contribution in [0.1, 0.15) is 16.6 Å². The Bertz CT molecular complexity index is 723. The number of carboxylic acids is 1. The zero-order valence-electron chi connectivity index (χ0n) is 10.4. The van der Waals surface area contributed by atoms with Crippen molar-refractivity contribution in [2.45, 2.75) is 6.04 Å². The summed E-state index contributed by atoms with van der Waals surface area (Å²) < 4.78 is 0. The van der Waals surface area contributed by atoms with Crippen LogP contribution in [0.5, 0.6) is 0 Å². The van der Waals surface area contributed by atoms with Crippen LogP contribution < -0.4 is 5.32 Å². The highest BCUT2D eigenvalue weighted by atomic mass is 32.1. The molecule has 9 heteroatoms. The molecule has 0 aliphatic rings. The molecule has 0 aliphatic carbocycles. The van der Waals surface area contributed by atoms with E-state index in [1.165, 1.54) is 17.4 Å². The average Bonchev–Trinajstić information content (AvgIpc) is 2.97. The number of nitro groups is 1. The number of nitriles is 1. The van der Waals surface area contributed by atoms with E-state index in [1.807, 2.05) is 0 Å². The van der Waals surface area contributed by atoms with Gasteiger partial charge in [-0.2, -0.15) is 5.26 Å². The Morgan fingerprint density at radius 1 is 1.52 bits per heavy atom. The molecule has 0 fully saturated rings. The maximum absolute atomic E-state index is 11.3. The van der Waals surface area contributed by atoms with E-state index in [0.717, 1.165) is 6.07 Å². The topological polar surface area (TPSA) is 129 Å². The summed E-state index contributed by atoms with van der Waals surface area (Å²) in [5, 5.41) is 33.2. The molecule has 2 heterocycles. The highest BCUT2D eigenvalue weighted by Crippen LogP contribution is 2.25. The van der Waals surface area contributed by atoms with E-state index in [2.05, 4.69) is 10.3 Å². The maximum Gasteiger partial charge on any atom is 0.331 e. The molecule has 0 aromatic carbocycles. The second-order valence-corrected chi connectivity index (χ2v) is 4.84. The summed E-state index contributed by atoms with van der Waals surface area (Å²) in [5.74, 6) is -1.03. The summed E-state index contributed by atoms with van der Waals surface area (Å²) >= 11 is 1.25. The van der Waals surface area contributed by atoms with Crippen LogP contribution in [0, 0.1) is 21.4 Å². The Kier molecular flexibility index (Phi) is 4.10. The van der Waals surface area contributed by atoms with E-state index in [4.69, 9.17) is 5.26 Å². The smallest absolute Gasteiger partial charge is 0.331 e. The summed E-state index contributed by atoms with van der Waals surface area (Å²) in [7, 11) is 0. The minimum atomic E-state index is -1.11. The highest BCUT2D eigenvalue weighted by molar-refractivity contribution is 7.10. The van der Waals surface area contributed by atoms with E-state index in [-0.39, 0.29) is 11.5 Å². The van der Waals surface area contributed by atoms with Gasteiger partial charge in [-0.25, -0.2) is 9.78 Å². The third kappa shape index (κ3) is 3.13. The van der Waals surface area contributed by atoms with Gasteiger partial charge in [-0.3, -0.25) is 10.1 Å². The molecule has 106 valence electrons. The van der Waals surface area contributed by atoms with Crippen molar-refractivity contribution in [1.29, 1.82) is 5.26 Å². The van der Waals surface area contributed by atoms with E-state index in [1.54, 1.807) is 23.6 Å². The first-order valence-corrected chi connectivity index (χ1v) is 6.49. The van der Waals surface area contributed by atoms with Gasteiger partial charge in [-0.05, 0) is 17.5 Å². The molecule has 0 saturated carbocycles. The first kappa shape index (κ1) is 14.4. The van der Waals surface area contributed by atoms with Crippen LogP contribution in [0.25, 0.3) is 0 Å². The van der Waals surface area contributed by atoms with Crippen LogP contribution >= 0.6 is 11.3 Å². The first-order chi connectivity index (χ1) is 10.0. The number of pyridine rings is 1. The van der Waals surface area contributed by atoms with Gasteiger partial charge in [0, 0.05) is 10.9 Å². The Morgan fingerprint density at radius 3 is 2.81 bits per heavy atom. The Morgan fingerprint density at radius 2 is 2.29 bits per heavy atom. The largest absolute Gasteiger partial charge is 0.479 e. The molecular formula is C12H8N4O4S. The van der Waals surface area contributed by atoms with Gasteiger partial charge < -0.3 is 10.4 Å². The number of carboxylic acid groups (broad SMARTS) is 1. The molecule has 1 atom stereocenters. The van der Waals surface area contributed by atoms with Gasteiger partial charge in [0.15, 0.2) is 6.04 Å². The van der Waals surface area contributed by atoms with Crippen molar-refractivity contribution < 1.29 is 14.8 Å². The van der Waals surface area contributed by atoms with Gasteiger partial charge >= 0.3 is 11.7 Å². The van der Waals surface area contributed by atoms with E-state index < -0.39 is 22.6 Å². The number of hydrogen-bond acceptors (Lipinski definition) is 7. The van der Waals surface area contributed by atoms with Gasteiger partial charge in [-0.1, -0.05) is 6.07 Å². The second kappa shape index (κ2) is 5.98. The van der Waals surface area contributed by atoms with Gasteiger partial charge in [0.1, 0.15) is 11.9 Å². The van der Waals surface area contributed by atoms with Crippen LogP contribution in [0.4, 0.5) is 11.5 Å². The summed E-state index contributed by atoms with van der Waals surface area (Å²) in [5.41, 5.74) is -0.800. The minimum Gasteiger partial charge on any atom is -0.479 e. The minimum absolute atomic E-state index is 0.0814. The lowest BCUT2D eigenvalue weighted by Gasteiger charge is -2.13. The molecule has 0 radical (unpaired) electrons. The van der Waals surface area contributed by atoms with Gasteiger partial charge in [0.2, 0.25) is 5.69 Å². The number of carbonyl (C=O) groups is 1. The summed E-state index contributed by atoms with van der Waals surface area (Å²) in [6, 6.07) is 6.31. The molecule has 0 spiro atoms. The lowest BCUT2D eigenvalue weighted by Crippen LogP contribution is -2.20. The van der Waals surface area contributed by atoms with Gasteiger partial charge in [0.25, 0.3) is 0 Å². The molecule has 1 unspecified atom stereocenters. The fourth-order valence-corrected chi connectivity index (χ4v) is 2.39. The van der Waals surface area contributed by atoms with Crippen molar-refractivity contribution in [1.82, 2.24) is 4.98 Å². The van der Waals surface area contributed by atoms with Crippen molar-refractivity contribution in [3.63, 3.8) is 0 Å². The predicted molar refractivity (Wildman–Crippen MR) is 73.9 cm³/mol. The number of nitrogens with one attached hydrogen (secondary N) is 1. The SMILES string of the molecule is N#Cc1nc(NC(C(=O)O)c2cccs2)ccc1[N+](=O)[O-]. The van der Waals surface area contributed by atoms with Crippen LogP contribution in [-0.4, -0.2) is 21.0 Å². The number of aromatic nitrogens is 1. The molecule has 2 aromatic heterocycles. The molecule has 2 N–H and O–H groups in total. The first-order valence-electron chi connectivity index (χ1n) is 5.61. The summed E-state index contributed by atoms with van der Waals surface area (Å²) in [6.45, 7) is 0. The molecular weight excluding hydrogens is 296 g/mol. The average molecular weight is 304 g/mol. The van der Waals surface area contributed by atoms with Crippen molar-refractivity contribution in [2.75, 3.05) is 5.32 Å². The van der Waals surface area contributed by atoms with Crippen LogP contribution in [-0.2, 0) is 4.79 Å². The third-order valence-electron chi connectivity index (χ3n) is 2.54. The standard InChI is InChI=1S/C12H8N4O4S/c13-6-7-8(16(19)20)3-4-10(14-7)15-11(12(17)18)9-2-1-5-21-9/h1-5,11H,(H,14,15)(H,17,18). The number of rotatable bonds is 5. The second-order valence-electron chi connectivity index (χ2n) is 3.86. The van der Waals surface area contributed by atoms with Crippen molar-refractivity contribution >= 4 is 28.8 Å². The molecule has 2 aromatic rings. The number of aliphatic carboxylic acids is 1. The molecule has 0 aliphatic heterocycles. The van der Waals surface area contributed by atoms with Gasteiger partial charge in [0.05, 0.1) is 4.92 Å². The van der Waals surface area contributed by atoms with Gasteiger partial charge in [-0.15, -0.1) is 11.3 Å². The fraction of sp³-hybridized carbons (Fsp3) is 0.0833. The highest BCUT2D eigenvalue weighted by Gasteiger charge is 2.22. The molecule has 8 nitrogen and oxygen atoms in total. The number of anilines is 1. The van der Waals surface area contributed by atoms with E-state index in [9.17, 15) is 20.0 Å². The van der Waals surface area contributed by atoms with Crippen LogP contribution in [0.15, 0.2) is 29.6 Å². The normalized spacial score (nSPS) is 11.4. The van der Waals surface area contributed by atoms with Crippen LogP contribution in [0.3, 0.4) is 0 Å². The zero-order chi connectivity index (χ0) is 15.4. The van der Waals surface area contributed by atoms with Crippen molar-refractivity contribution in [3.8, 4) is 6.07 Å². The van der Waals surface area contributed by atoms with E-state index >= 15 is 0 Å². The Hall–Kier alpha value is -2.99. The number of thiophene rings is 1. The maximum atomic E-state index is 11.3. The van der Waals surface area contributed by atoms with Crippen molar-refractivity contribution in [2.24, 2.45) is 0 Å². The monoisotopic (exact) mass is 304 g/mol. The summed E-state index contributed by atoms with van der Waals surface area (Å²) in [4.78, 5) is 25.6. The molecule has 0 saturated heterocycles.